The highest BCUT2D eigenvalue weighted by Crippen LogP contribution is 2.22. The zero-order chi connectivity index (χ0) is 10.4. The Bertz CT molecular complexity index is 260. The average molecular weight is 230 g/mol. The second-order valence-electron chi connectivity index (χ2n) is 3.22. The summed E-state index contributed by atoms with van der Waals surface area (Å²) < 4.78 is 0. The first-order valence-electron chi connectivity index (χ1n) is 4.92. The van der Waals surface area contributed by atoms with Gasteiger partial charge in [0.2, 0.25) is 0 Å². The molecule has 1 unspecified atom stereocenters. The lowest BCUT2D eigenvalue weighted by Gasteiger charge is -2.14. The first-order valence-corrected chi connectivity index (χ1v) is 7.19. The predicted octanol–water partition coefficient (Wildman–Crippen LogP) is 2.86. The van der Waals surface area contributed by atoms with E-state index < -0.39 is 0 Å². The van der Waals surface area contributed by atoms with Crippen LogP contribution < -0.4 is 5.32 Å². The van der Waals surface area contributed by atoms with Gasteiger partial charge in [0.25, 0.3) is 0 Å². The van der Waals surface area contributed by atoms with E-state index in [1.54, 1.807) is 11.3 Å². The third-order valence-corrected chi connectivity index (χ3v) is 3.72. The van der Waals surface area contributed by atoms with Gasteiger partial charge in [0, 0.05) is 11.1 Å². The molecule has 80 valence electrons. The van der Waals surface area contributed by atoms with Gasteiger partial charge in [-0.2, -0.15) is 11.8 Å². The third-order valence-electron chi connectivity index (χ3n) is 2.00. The third kappa shape index (κ3) is 3.59. The minimum absolute atomic E-state index is 0.450. The van der Waals surface area contributed by atoms with Crippen molar-refractivity contribution in [3.8, 4) is 0 Å². The summed E-state index contributed by atoms with van der Waals surface area (Å²) in [6.45, 7) is 5.21. The number of nitrogens with one attached hydrogen (secondary N) is 1. The maximum atomic E-state index is 4.53. The van der Waals surface area contributed by atoms with Crippen molar-refractivity contribution in [1.82, 2.24) is 10.3 Å². The number of rotatable bonds is 6. The van der Waals surface area contributed by atoms with E-state index in [1.807, 2.05) is 11.8 Å². The minimum Gasteiger partial charge on any atom is -0.308 e. The summed E-state index contributed by atoms with van der Waals surface area (Å²) in [4.78, 5) is 4.53. The zero-order valence-corrected chi connectivity index (χ0v) is 10.7. The molecule has 1 aromatic heterocycles. The second-order valence-corrected chi connectivity index (χ2v) is 5.09. The quantitative estimate of drug-likeness (QED) is 0.813. The Balaban J connectivity index is 2.57. The molecular formula is C10H18N2S2. The monoisotopic (exact) mass is 230 g/mol. The summed E-state index contributed by atoms with van der Waals surface area (Å²) >= 11 is 3.66. The lowest BCUT2D eigenvalue weighted by atomic mass is 10.2. The molecule has 1 atom stereocenters. The van der Waals surface area contributed by atoms with Gasteiger partial charge in [0.15, 0.2) is 0 Å². The lowest BCUT2D eigenvalue weighted by molar-refractivity contribution is 0.538. The molecule has 0 aliphatic rings. The van der Waals surface area contributed by atoms with E-state index in [4.69, 9.17) is 0 Å². The molecule has 2 nitrogen and oxygen atoms in total. The maximum absolute atomic E-state index is 4.53. The van der Waals surface area contributed by atoms with Crippen LogP contribution in [0.2, 0.25) is 0 Å². The first-order chi connectivity index (χ1) is 6.77. The predicted molar refractivity (Wildman–Crippen MR) is 66.3 cm³/mol. The number of thiazole rings is 1. The van der Waals surface area contributed by atoms with Gasteiger partial charge < -0.3 is 5.32 Å². The Hall–Kier alpha value is -0.0600. The van der Waals surface area contributed by atoms with E-state index in [2.05, 4.69) is 35.8 Å². The Morgan fingerprint density at radius 3 is 2.93 bits per heavy atom. The largest absolute Gasteiger partial charge is 0.308 e. The average Bonchev–Trinajstić information content (AvgIpc) is 2.59. The van der Waals surface area contributed by atoms with Crippen molar-refractivity contribution in [1.29, 1.82) is 0 Å². The van der Waals surface area contributed by atoms with E-state index in [0.717, 1.165) is 12.2 Å². The van der Waals surface area contributed by atoms with E-state index >= 15 is 0 Å². The molecule has 1 heterocycles. The van der Waals surface area contributed by atoms with Crippen LogP contribution in [-0.2, 0) is 0 Å². The van der Waals surface area contributed by atoms with Gasteiger partial charge in [-0.3, -0.25) is 0 Å². The minimum atomic E-state index is 0.450. The highest BCUT2D eigenvalue weighted by molar-refractivity contribution is 7.98. The Morgan fingerprint density at radius 2 is 2.43 bits per heavy atom. The molecule has 0 aliphatic heterocycles. The molecule has 0 radical (unpaired) electrons. The van der Waals surface area contributed by atoms with Gasteiger partial charge >= 0.3 is 0 Å². The maximum Gasteiger partial charge on any atom is 0.110 e. The van der Waals surface area contributed by atoms with Crippen LogP contribution in [0.1, 0.15) is 30.1 Å². The highest BCUT2D eigenvalue weighted by atomic mass is 32.2. The number of thioether (sulfide) groups is 1. The highest BCUT2D eigenvalue weighted by Gasteiger charge is 2.12. The molecule has 0 saturated carbocycles. The van der Waals surface area contributed by atoms with Gasteiger partial charge in [0.1, 0.15) is 5.01 Å². The lowest BCUT2D eigenvalue weighted by Crippen LogP contribution is -2.21. The Kier molecular flexibility index (Phi) is 5.52. The van der Waals surface area contributed by atoms with Gasteiger partial charge in [-0.05, 0) is 31.9 Å². The molecule has 0 fully saturated rings. The van der Waals surface area contributed by atoms with Crippen LogP contribution in [0.15, 0.2) is 5.38 Å². The molecule has 0 aromatic carbocycles. The Labute approximate surface area is 94.5 Å². The van der Waals surface area contributed by atoms with Crippen LogP contribution in [0.25, 0.3) is 0 Å². The van der Waals surface area contributed by atoms with Crippen molar-refractivity contribution >= 4 is 23.1 Å². The molecule has 1 aromatic rings. The summed E-state index contributed by atoms with van der Waals surface area (Å²) in [5.41, 5.74) is 1.14. The van der Waals surface area contributed by atoms with Crippen LogP contribution in [0.5, 0.6) is 0 Å². The van der Waals surface area contributed by atoms with E-state index in [-0.39, 0.29) is 0 Å². The van der Waals surface area contributed by atoms with Crippen molar-refractivity contribution in [3.63, 3.8) is 0 Å². The molecule has 4 heteroatoms. The second kappa shape index (κ2) is 6.43. The summed E-state index contributed by atoms with van der Waals surface area (Å²) in [6, 6.07) is 0.450. The van der Waals surface area contributed by atoms with E-state index in [1.165, 1.54) is 17.2 Å². The van der Waals surface area contributed by atoms with Crippen LogP contribution in [0, 0.1) is 6.92 Å². The number of hydrogen-bond acceptors (Lipinski definition) is 4. The molecule has 0 aliphatic carbocycles. The fraction of sp³-hybridized carbons (Fsp3) is 0.700. The molecule has 1 N–H and O–H groups in total. The molecule has 0 spiro atoms. The molecular weight excluding hydrogens is 212 g/mol. The van der Waals surface area contributed by atoms with Crippen molar-refractivity contribution in [2.75, 3.05) is 18.6 Å². The summed E-state index contributed by atoms with van der Waals surface area (Å²) in [5.74, 6) is 1.19. The van der Waals surface area contributed by atoms with Crippen LogP contribution in [0.3, 0.4) is 0 Å². The first kappa shape index (κ1) is 12.0. The van der Waals surface area contributed by atoms with E-state index in [9.17, 15) is 0 Å². The van der Waals surface area contributed by atoms with Crippen LogP contribution in [0.4, 0.5) is 0 Å². The van der Waals surface area contributed by atoms with Crippen molar-refractivity contribution in [3.05, 3.63) is 16.1 Å². The van der Waals surface area contributed by atoms with Crippen LogP contribution in [-0.4, -0.2) is 23.5 Å². The molecule has 1 rings (SSSR count). The van der Waals surface area contributed by atoms with Gasteiger partial charge in [-0.15, -0.1) is 11.3 Å². The van der Waals surface area contributed by atoms with Crippen molar-refractivity contribution in [2.45, 2.75) is 26.3 Å². The molecule has 14 heavy (non-hydrogen) atoms. The summed E-state index contributed by atoms with van der Waals surface area (Å²) in [5, 5.41) is 6.84. The number of aromatic nitrogens is 1. The normalized spacial score (nSPS) is 13.1. The SMILES string of the molecule is CCNC(CCSC)c1nc(C)cs1. The van der Waals surface area contributed by atoms with Gasteiger partial charge in [-0.25, -0.2) is 4.98 Å². The van der Waals surface area contributed by atoms with Gasteiger partial charge in [-0.1, -0.05) is 6.92 Å². The molecule has 0 amide bonds. The number of hydrogen-bond donors (Lipinski definition) is 1. The smallest absolute Gasteiger partial charge is 0.110 e. The Morgan fingerprint density at radius 1 is 1.64 bits per heavy atom. The fourth-order valence-corrected chi connectivity index (χ4v) is 2.70. The van der Waals surface area contributed by atoms with Crippen LogP contribution >= 0.6 is 23.1 Å². The summed E-state index contributed by atoms with van der Waals surface area (Å²) in [6.07, 6.45) is 3.32. The zero-order valence-electron chi connectivity index (χ0n) is 9.04. The fourth-order valence-electron chi connectivity index (χ4n) is 1.33. The number of nitrogens with zero attached hydrogens (tertiary/aromatic N) is 1. The molecule has 0 bridgehead atoms. The van der Waals surface area contributed by atoms with Gasteiger partial charge in [0.05, 0.1) is 6.04 Å². The topological polar surface area (TPSA) is 24.9 Å². The standard InChI is InChI=1S/C10H18N2S2/c1-4-11-9(5-6-13-3)10-12-8(2)7-14-10/h7,9,11H,4-6H2,1-3H3. The van der Waals surface area contributed by atoms with E-state index in [0.29, 0.717) is 6.04 Å². The number of aryl methyl sites for hydroxylation is 1. The van der Waals surface area contributed by atoms with Crippen molar-refractivity contribution in [2.24, 2.45) is 0 Å². The van der Waals surface area contributed by atoms with Crippen molar-refractivity contribution < 1.29 is 0 Å². The molecule has 0 saturated heterocycles. The summed E-state index contributed by atoms with van der Waals surface area (Å²) in [7, 11) is 0.